The van der Waals surface area contributed by atoms with Crippen molar-refractivity contribution in [1.29, 1.82) is 0 Å². The number of anilines is 4. The van der Waals surface area contributed by atoms with Crippen molar-refractivity contribution in [3.8, 4) is 16.9 Å². The second-order valence-corrected chi connectivity index (χ2v) is 17.1. The van der Waals surface area contributed by atoms with Crippen molar-refractivity contribution >= 4 is 118 Å². The first-order chi connectivity index (χ1) is 28.0. The number of fused-ring (bicyclic) bond motifs is 1. The van der Waals surface area contributed by atoms with E-state index in [2.05, 4.69) is 59.7 Å². The van der Waals surface area contributed by atoms with E-state index in [0.29, 0.717) is 33.3 Å². The SMILES string of the molecule is CCCCS(=O)c1ccc(N=Nc2c(S(=O)(=O)O)cc3cc(SOOO)cc(Nc4nc(Cl)nc(Nc5cccc(SC#CC(=O)OOS(=O)(=O)O)c5)n4)c3c2O)cc1.O. The molecule has 5 aromatic rings. The molecule has 0 radical (unpaired) electrons. The van der Waals surface area contributed by atoms with E-state index >= 15 is 0 Å². The number of azo groups is 1. The average molecular weight is 946 g/mol. The molecule has 22 nitrogen and oxygen atoms in total. The lowest BCUT2D eigenvalue weighted by Crippen LogP contribution is -2.08. The zero-order valence-corrected chi connectivity index (χ0v) is 34.8. The molecule has 0 amide bonds. The number of carbonyl (C=O) groups excluding carboxylic acids is 1. The van der Waals surface area contributed by atoms with Gasteiger partial charge in [-0.15, -0.1) is 9.45 Å². The van der Waals surface area contributed by atoms with Gasteiger partial charge in [-0.25, -0.2) is 10.1 Å². The normalized spacial score (nSPS) is 12.0. The van der Waals surface area contributed by atoms with Crippen molar-refractivity contribution in [2.75, 3.05) is 16.4 Å². The first-order valence-corrected chi connectivity index (χ1v) is 22.1. The Hall–Kier alpha value is -5.06. The summed E-state index contributed by atoms with van der Waals surface area (Å²) in [5.41, 5.74) is -0.0568. The van der Waals surface area contributed by atoms with Crippen molar-refractivity contribution in [2.24, 2.45) is 10.2 Å². The van der Waals surface area contributed by atoms with E-state index < -0.39 is 53.6 Å². The molecule has 1 heterocycles. The average Bonchev–Trinajstić information content (AvgIpc) is 3.17. The van der Waals surface area contributed by atoms with Crippen LogP contribution in [0.3, 0.4) is 0 Å². The fourth-order valence-corrected chi connectivity index (χ4v) is 7.92. The maximum Gasteiger partial charge on any atom is 0.432 e. The number of halogens is 1. The van der Waals surface area contributed by atoms with Crippen LogP contribution in [0.2, 0.25) is 5.28 Å². The predicted molar refractivity (Wildman–Crippen MR) is 217 cm³/mol. The number of carbonyl (C=O) groups is 1. The van der Waals surface area contributed by atoms with Crippen molar-refractivity contribution in [1.82, 2.24) is 15.0 Å². The highest BCUT2D eigenvalue weighted by Crippen LogP contribution is 2.46. The van der Waals surface area contributed by atoms with Gasteiger partial charge in [0, 0.05) is 37.4 Å². The lowest BCUT2D eigenvalue weighted by molar-refractivity contribution is -0.432. The van der Waals surface area contributed by atoms with Gasteiger partial charge in [0.2, 0.25) is 17.2 Å². The van der Waals surface area contributed by atoms with Gasteiger partial charge < -0.3 is 21.2 Å². The molecule has 1 aromatic heterocycles. The zero-order chi connectivity index (χ0) is 42.7. The summed E-state index contributed by atoms with van der Waals surface area (Å²) >= 11 is 7.54. The minimum atomic E-state index is -5.04. The van der Waals surface area contributed by atoms with E-state index in [1.54, 1.807) is 36.4 Å². The van der Waals surface area contributed by atoms with Crippen LogP contribution in [0, 0.1) is 11.2 Å². The summed E-state index contributed by atoms with van der Waals surface area (Å²) in [6, 6.07) is 16.2. The highest BCUT2D eigenvalue weighted by molar-refractivity contribution is 8.04. The summed E-state index contributed by atoms with van der Waals surface area (Å²) in [5, 5.41) is 39.8. The molecular formula is C32H28ClN7O15S5. The number of nitrogens with zero attached hydrogens (tertiary/aromatic N) is 5. The van der Waals surface area contributed by atoms with Crippen LogP contribution in [0.4, 0.5) is 34.6 Å². The zero-order valence-electron chi connectivity index (χ0n) is 30.0. The number of aromatic nitrogens is 3. The van der Waals surface area contributed by atoms with E-state index in [1.807, 2.05) is 12.8 Å². The molecule has 1 atom stereocenters. The van der Waals surface area contributed by atoms with Crippen LogP contribution in [0.25, 0.3) is 10.8 Å². The Morgan fingerprint density at radius 1 is 0.967 bits per heavy atom. The molecule has 0 aliphatic rings. The fourth-order valence-electron chi connectivity index (χ4n) is 4.69. The van der Waals surface area contributed by atoms with Gasteiger partial charge in [0.15, 0.2) is 5.75 Å². The number of phenols is 1. The number of benzene rings is 4. The van der Waals surface area contributed by atoms with Gasteiger partial charge in [0.05, 0.1) is 34.2 Å². The Morgan fingerprint density at radius 2 is 1.68 bits per heavy atom. The number of nitrogens with one attached hydrogen (secondary N) is 2. The smallest absolute Gasteiger partial charge is 0.432 e. The monoisotopic (exact) mass is 945 g/mol. The molecule has 0 fully saturated rings. The first-order valence-electron chi connectivity index (χ1n) is 16.0. The quantitative estimate of drug-likeness (QED) is 0.0112. The summed E-state index contributed by atoms with van der Waals surface area (Å²) in [7, 11) is -11.3. The van der Waals surface area contributed by atoms with Crippen LogP contribution < -0.4 is 10.6 Å². The van der Waals surface area contributed by atoms with Gasteiger partial charge in [0.1, 0.15) is 10.6 Å². The molecule has 28 heteroatoms. The molecule has 0 aliphatic heterocycles. The first kappa shape index (κ1) is 47.6. The maximum atomic E-state index is 12.6. The molecule has 0 bridgehead atoms. The molecule has 8 N–H and O–H groups in total. The topological polar surface area (TPSA) is 339 Å². The Kier molecular flexibility index (Phi) is 17.0. The van der Waals surface area contributed by atoms with E-state index in [-0.39, 0.29) is 49.7 Å². The van der Waals surface area contributed by atoms with Crippen LogP contribution in [0.1, 0.15) is 19.8 Å². The number of thioether (sulfide) groups is 1. The largest absolute Gasteiger partial charge is 0.505 e. The fraction of sp³-hybridized carbons (Fsp3) is 0.125. The van der Waals surface area contributed by atoms with Crippen LogP contribution in [0.15, 0.2) is 96.5 Å². The summed E-state index contributed by atoms with van der Waals surface area (Å²) in [6.45, 7) is 1.98. The summed E-state index contributed by atoms with van der Waals surface area (Å²) < 4.78 is 85.4. The van der Waals surface area contributed by atoms with Gasteiger partial charge >= 0.3 is 16.4 Å². The van der Waals surface area contributed by atoms with E-state index in [9.17, 15) is 35.5 Å². The highest BCUT2D eigenvalue weighted by Gasteiger charge is 2.25. The van der Waals surface area contributed by atoms with Crippen LogP contribution in [-0.2, 0) is 54.7 Å². The van der Waals surface area contributed by atoms with Crippen molar-refractivity contribution in [3.05, 3.63) is 72.0 Å². The number of unbranched alkanes of at least 4 members (excludes halogenated alkanes) is 1. The standard InChI is InChI=1S/C32H26ClN7O14S5.H2O/c1-2-3-13-57(44)23-9-7-19(8-10-23)39-40-28-25(58(45,46)47)15-18-14-22(56-53-52-43)17-24(27(18)29(28)42)35-32-37-30(33)36-31(38-32)34-20-5-4-6-21(16-20)55-12-11-26(41)51-54-59(48,49)50;/h4-10,14-17,42-43H,2-3,13H2,1H3,(H,45,46,47)(H,48,49,50)(H2,34,35,36,37,38);1H2. The lowest BCUT2D eigenvalue weighted by atomic mass is 10.1. The molecule has 0 aliphatic carbocycles. The van der Waals surface area contributed by atoms with Crippen molar-refractivity contribution < 1.29 is 69.4 Å². The van der Waals surface area contributed by atoms with Gasteiger partial charge in [-0.05, 0) is 105 Å². The molecular weight excluding hydrogens is 918 g/mol. The Bertz CT molecular complexity index is 2720. The maximum absolute atomic E-state index is 12.6. The Balaban J connectivity index is 0.00000794. The Labute approximate surface area is 355 Å². The Morgan fingerprint density at radius 3 is 2.35 bits per heavy atom. The van der Waals surface area contributed by atoms with Crippen molar-refractivity contribution in [3.63, 3.8) is 0 Å². The second kappa shape index (κ2) is 21.5. The van der Waals surface area contributed by atoms with Gasteiger partial charge in [-0.2, -0.15) is 36.9 Å². The van der Waals surface area contributed by atoms with Gasteiger partial charge in [-0.3, -0.25) is 18.2 Å². The summed E-state index contributed by atoms with van der Waals surface area (Å²) in [5.74, 6) is -0.0609. The molecule has 5 rings (SSSR count). The van der Waals surface area contributed by atoms with Crippen LogP contribution >= 0.6 is 35.4 Å². The molecule has 4 aromatic carbocycles. The lowest BCUT2D eigenvalue weighted by Gasteiger charge is -2.15. The third kappa shape index (κ3) is 13.7. The predicted octanol–water partition coefficient (Wildman–Crippen LogP) is 6.38. The third-order valence-electron chi connectivity index (χ3n) is 7.07. The second-order valence-electron chi connectivity index (χ2n) is 11.2. The van der Waals surface area contributed by atoms with Gasteiger partial charge in [0.25, 0.3) is 10.1 Å². The number of aromatic hydroxyl groups is 1. The molecule has 318 valence electrons. The summed E-state index contributed by atoms with van der Waals surface area (Å²) in [4.78, 5) is 28.1. The van der Waals surface area contributed by atoms with E-state index in [0.717, 1.165) is 30.7 Å². The molecule has 0 spiro atoms. The number of hydrogen-bond donors (Lipinski definition) is 6. The number of hydrogen-bond acceptors (Lipinski definition) is 21. The molecule has 60 heavy (non-hydrogen) atoms. The molecule has 0 saturated carbocycles. The summed E-state index contributed by atoms with van der Waals surface area (Å²) in [6.07, 6.45) is 1.64. The molecule has 0 saturated heterocycles. The minimum absolute atomic E-state index is 0. The number of phenolic OH excluding ortho intramolecular Hbond substituents is 1. The highest BCUT2D eigenvalue weighted by atomic mass is 35.5. The molecule has 1 unspecified atom stereocenters. The van der Waals surface area contributed by atoms with E-state index in [1.165, 1.54) is 24.3 Å². The van der Waals surface area contributed by atoms with Crippen molar-refractivity contribution in [2.45, 2.75) is 39.3 Å². The minimum Gasteiger partial charge on any atom is -0.505 e. The number of rotatable bonds is 17. The van der Waals surface area contributed by atoms with E-state index in [4.69, 9.17) is 21.4 Å². The third-order valence-corrected chi connectivity index (χ3v) is 11.1. The van der Waals surface area contributed by atoms with Crippen LogP contribution in [0.5, 0.6) is 5.75 Å². The van der Waals surface area contributed by atoms with Gasteiger partial charge in [-0.1, -0.05) is 24.4 Å². The van der Waals surface area contributed by atoms with Crippen LogP contribution in [-0.4, -0.2) is 72.7 Å².